The lowest BCUT2D eigenvalue weighted by Gasteiger charge is -2.43. The maximum absolute atomic E-state index is 12.8. The Bertz CT molecular complexity index is 1510. The van der Waals surface area contributed by atoms with Gasteiger partial charge in [0.1, 0.15) is 29.4 Å². The van der Waals surface area contributed by atoms with Gasteiger partial charge < -0.3 is 14.4 Å². The molecule has 0 radical (unpaired) electrons. The van der Waals surface area contributed by atoms with Crippen molar-refractivity contribution < 1.29 is 14.3 Å². The molecule has 6 rings (SSSR count). The average molecular weight is 574 g/mol. The maximum Gasteiger partial charge on any atom is 0.410 e. The molecule has 0 unspecified atom stereocenters. The highest BCUT2D eigenvalue weighted by atomic mass is 35.5. The van der Waals surface area contributed by atoms with Crippen molar-refractivity contribution in [2.75, 3.05) is 19.7 Å². The van der Waals surface area contributed by atoms with Crippen LogP contribution in [0.15, 0.2) is 61.2 Å². The molecule has 0 spiro atoms. The number of carbonyl (C=O) groups is 1. The fourth-order valence-electron chi connectivity index (χ4n) is 6.07. The summed E-state index contributed by atoms with van der Waals surface area (Å²) in [5.74, 6) is 0. The Labute approximate surface area is 245 Å². The molecule has 2 aromatic heterocycles. The van der Waals surface area contributed by atoms with Gasteiger partial charge in [-0.2, -0.15) is 0 Å². The van der Waals surface area contributed by atoms with Crippen LogP contribution in [0.3, 0.4) is 0 Å². The molecule has 2 aliphatic heterocycles. The number of piperidine rings is 1. The topological polar surface area (TPSA) is 82.4 Å². The van der Waals surface area contributed by atoms with Crippen molar-refractivity contribution in [1.29, 1.82) is 0 Å². The van der Waals surface area contributed by atoms with E-state index in [1.54, 1.807) is 6.33 Å². The van der Waals surface area contributed by atoms with Crippen molar-refractivity contribution in [2.24, 2.45) is 0 Å². The van der Waals surface area contributed by atoms with Gasteiger partial charge in [-0.1, -0.05) is 48.0 Å². The van der Waals surface area contributed by atoms with E-state index in [1.807, 2.05) is 48.7 Å². The van der Waals surface area contributed by atoms with Gasteiger partial charge in [0, 0.05) is 35.7 Å². The number of imidazole rings is 1. The number of likely N-dealkylation sites (tertiary alicyclic amines) is 1. The Balaban J connectivity index is 1.31. The standard InChI is InChI=1S/C32H36ClN5O3/c1-31(2,3)41-30(39)37-17-15-32(16-18-37,24-11-13-25(33)14-12-24)23-9-7-22(8-10-23)27-28-29(35-20-34-27)38(21-36-28)26-6-4-5-19-40-26/h7-14,20-21,26H,4-6,15-19H2,1-3H3/t26-/m1/s1. The van der Waals surface area contributed by atoms with E-state index in [0.29, 0.717) is 18.1 Å². The van der Waals surface area contributed by atoms with Gasteiger partial charge in [-0.25, -0.2) is 19.7 Å². The van der Waals surface area contributed by atoms with Crippen molar-refractivity contribution in [3.8, 4) is 11.3 Å². The minimum Gasteiger partial charge on any atom is -0.444 e. The van der Waals surface area contributed by atoms with E-state index in [1.165, 1.54) is 11.1 Å². The monoisotopic (exact) mass is 573 g/mol. The second-order valence-electron chi connectivity index (χ2n) is 12.0. The van der Waals surface area contributed by atoms with Gasteiger partial charge >= 0.3 is 6.09 Å². The molecular formula is C32H36ClN5O3. The lowest BCUT2D eigenvalue weighted by atomic mass is 9.68. The summed E-state index contributed by atoms with van der Waals surface area (Å²) in [4.78, 5) is 28.5. The number of carbonyl (C=O) groups excluding carboxylic acids is 1. The van der Waals surface area contributed by atoms with Gasteiger partial charge in [-0.3, -0.25) is 4.57 Å². The second-order valence-corrected chi connectivity index (χ2v) is 12.4. The van der Waals surface area contributed by atoms with E-state index in [2.05, 4.69) is 46.4 Å². The van der Waals surface area contributed by atoms with Gasteiger partial charge in [0.25, 0.3) is 0 Å². The molecule has 1 amide bonds. The van der Waals surface area contributed by atoms with E-state index in [0.717, 1.165) is 61.1 Å². The Morgan fingerprint density at radius 3 is 2.29 bits per heavy atom. The number of rotatable bonds is 4. The van der Waals surface area contributed by atoms with E-state index in [-0.39, 0.29) is 17.7 Å². The first-order chi connectivity index (χ1) is 19.7. The minimum atomic E-state index is -0.525. The van der Waals surface area contributed by atoms with Crippen LogP contribution in [-0.4, -0.2) is 55.8 Å². The van der Waals surface area contributed by atoms with Crippen LogP contribution in [0, 0.1) is 0 Å². The zero-order valence-corrected chi connectivity index (χ0v) is 24.6. The van der Waals surface area contributed by atoms with Gasteiger partial charge in [-0.15, -0.1) is 0 Å². The third kappa shape index (κ3) is 5.55. The minimum absolute atomic E-state index is 0.0374. The zero-order chi connectivity index (χ0) is 28.6. The SMILES string of the molecule is CC(C)(C)OC(=O)N1CCC(c2ccc(Cl)cc2)(c2ccc(-c3ncnc4c3ncn4[C@H]3CCCCO3)cc2)CC1. The third-order valence-electron chi connectivity index (χ3n) is 8.20. The number of ether oxygens (including phenoxy) is 2. The molecule has 214 valence electrons. The highest BCUT2D eigenvalue weighted by Crippen LogP contribution is 2.43. The predicted octanol–water partition coefficient (Wildman–Crippen LogP) is 7.16. The first-order valence-electron chi connectivity index (χ1n) is 14.4. The van der Waals surface area contributed by atoms with Crippen molar-refractivity contribution in [3.05, 3.63) is 77.3 Å². The molecule has 2 saturated heterocycles. The van der Waals surface area contributed by atoms with Crippen LogP contribution >= 0.6 is 11.6 Å². The predicted molar refractivity (Wildman–Crippen MR) is 159 cm³/mol. The van der Waals surface area contributed by atoms with E-state index >= 15 is 0 Å². The molecule has 0 aliphatic carbocycles. The maximum atomic E-state index is 12.8. The number of nitrogens with zero attached hydrogens (tertiary/aromatic N) is 5. The highest BCUT2D eigenvalue weighted by Gasteiger charge is 2.40. The zero-order valence-electron chi connectivity index (χ0n) is 23.8. The van der Waals surface area contributed by atoms with Gasteiger partial charge in [-0.05, 0) is 76.1 Å². The average Bonchev–Trinajstić information content (AvgIpc) is 3.42. The lowest BCUT2D eigenvalue weighted by Crippen LogP contribution is -2.47. The Morgan fingerprint density at radius 1 is 0.976 bits per heavy atom. The van der Waals surface area contributed by atoms with E-state index in [9.17, 15) is 4.79 Å². The molecule has 2 aliphatic rings. The molecule has 0 N–H and O–H groups in total. The van der Waals surface area contributed by atoms with Crippen molar-refractivity contribution in [3.63, 3.8) is 0 Å². The van der Waals surface area contributed by atoms with Crippen LogP contribution in [0.2, 0.25) is 5.02 Å². The summed E-state index contributed by atoms with van der Waals surface area (Å²) < 4.78 is 13.7. The molecule has 41 heavy (non-hydrogen) atoms. The number of amides is 1. The fraction of sp³-hybridized carbons (Fsp3) is 0.438. The highest BCUT2D eigenvalue weighted by molar-refractivity contribution is 6.30. The summed E-state index contributed by atoms with van der Waals surface area (Å²) in [5.41, 5.74) is 4.94. The third-order valence-corrected chi connectivity index (χ3v) is 8.45. The van der Waals surface area contributed by atoms with Crippen LogP contribution in [0.25, 0.3) is 22.4 Å². The molecular weight excluding hydrogens is 538 g/mol. The van der Waals surface area contributed by atoms with Gasteiger partial charge in [0.15, 0.2) is 5.65 Å². The summed E-state index contributed by atoms with van der Waals surface area (Å²) in [6.45, 7) is 7.66. The van der Waals surface area contributed by atoms with Crippen LogP contribution in [-0.2, 0) is 14.9 Å². The van der Waals surface area contributed by atoms with Crippen molar-refractivity contribution in [1.82, 2.24) is 24.4 Å². The van der Waals surface area contributed by atoms with E-state index in [4.69, 9.17) is 26.1 Å². The molecule has 0 saturated carbocycles. The summed E-state index contributed by atoms with van der Waals surface area (Å²) >= 11 is 6.26. The van der Waals surface area contributed by atoms with Crippen molar-refractivity contribution >= 4 is 28.9 Å². The normalized spacial score (nSPS) is 19.3. The Hall–Kier alpha value is -3.49. The number of benzene rings is 2. The fourth-order valence-corrected chi connectivity index (χ4v) is 6.20. The summed E-state index contributed by atoms with van der Waals surface area (Å²) in [6.07, 6.45) is 7.86. The van der Waals surface area contributed by atoms with Crippen LogP contribution in [0.5, 0.6) is 0 Å². The number of hydrogen-bond donors (Lipinski definition) is 0. The second kappa shape index (κ2) is 11.1. The number of fused-ring (bicyclic) bond motifs is 1. The van der Waals surface area contributed by atoms with E-state index < -0.39 is 5.60 Å². The molecule has 0 bridgehead atoms. The first-order valence-corrected chi connectivity index (χ1v) is 14.8. The quantitative estimate of drug-likeness (QED) is 0.257. The lowest BCUT2D eigenvalue weighted by molar-refractivity contribution is -0.0298. The smallest absolute Gasteiger partial charge is 0.410 e. The number of hydrogen-bond acceptors (Lipinski definition) is 6. The first kappa shape index (κ1) is 27.7. The molecule has 2 aromatic carbocycles. The van der Waals surface area contributed by atoms with Crippen LogP contribution < -0.4 is 0 Å². The molecule has 1 atom stereocenters. The van der Waals surface area contributed by atoms with Crippen molar-refractivity contribution in [2.45, 2.75) is 70.1 Å². The Morgan fingerprint density at radius 2 is 1.66 bits per heavy atom. The van der Waals surface area contributed by atoms with Gasteiger partial charge in [0.05, 0.1) is 6.33 Å². The molecule has 8 nitrogen and oxygen atoms in total. The summed E-state index contributed by atoms with van der Waals surface area (Å²) in [7, 11) is 0. The summed E-state index contributed by atoms with van der Waals surface area (Å²) in [6, 6.07) is 16.7. The van der Waals surface area contributed by atoms with Crippen LogP contribution in [0.1, 0.15) is 70.2 Å². The molecule has 9 heteroatoms. The number of aromatic nitrogens is 4. The van der Waals surface area contributed by atoms with Crippen LogP contribution in [0.4, 0.5) is 4.79 Å². The molecule has 4 aromatic rings. The van der Waals surface area contributed by atoms with Gasteiger partial charge in [0.2, 0.25) is 0 Å². The number of halogens is 1. The Kier molecular flexibility index (Phi) is 7.47. The summed E-state index contributed by atoms with van der Waals surface area (Å²) in [5, 5.41) is 0.705. The largest absolute Gasteiger partial charge is 0.444 e. The molecule has 4 heterocycles. The molecule has 2 fully saturated rings.